The number of aryl methyl sites for hydroxylation is 2. The van der Waals surface area contributed by atoms with Crippen LogP contribution in [0.5, 0.6) is 0 Å². The maximum absolute atomic E-state index is 13.3. The lowest BCUT2D eigenvalue weighted by molar-refractivity contribution is -0.140. The Labute approximate surface area is 189 Å². The summed E-state index contributed by atoms with van der Waals surface area (Å²) in [6, 6.07) is 10.7. The van der Waals surface area contributed by atoms with Crippen molar-refractivity contribution in [3.8, 4) is 0 Å². The predicted octanol–water partition coefficient (Wildman–Crippen LogP) is 5.48. The number of rotatable bonds is 8. The molecule has 0 aromatic heterocycles. The van der Waals surface area contributed by atoms with Gasteiger partial charge < -0.3 is 10.2 Å². The second kappa shape index (κ2) is 10.8. The molecule has 2 aromatic rings. The Hall–Kier alpha value is -2.04. The van der Waals surface area contributed by atoms with Gasteiger partial charge in [0.05, 0.1) is 16.5 Å². The van der Waals surface area contributed by atoms with Gasteiger partial charge in [-0.05, 0) is 68.5 Å². The number of benzene rings is 2. The van der Waals surface area contributed by atoms with Crippen LogP contribution in [0.15, 0.2) is 36.4 Å². The van der Waals surface area contributed by atoms with Crippen LogP contribution in [0, 0.1) is 13.8 Å². The van der Waals surface area contributed by atoms with Crippen molar-refractivity contribution in [1.29, 1.82) is 0 Å². The van der Waals surface area contributed by atoms with Gasteiger partial charge in [0.25, 0.3) is 0 Å². The minimum absolute atomic E-state index is 0.0432. The second-order valence-corrected chi connectivity index (χ2v) is 8.67. The molecule has 0 unspecified atom stereocenters. The summed E-state index contributed by atoms with van der Waals surface area (Å²) >= 11 is 12.2. The molecule has 6 heteroatoms. The fourth-order valence-electron chi connectivity index (χ4n) is 3.07. The standard InChI is InChI=1S/C24H30Cl2N2O2/c1-6-17(4)27-24(30)18(5)28(14-20-9-10-21(25)22(26)12-20)23(29)13-19-8-7-15(2)16(3)11-19/h7-12,17-18H,6,13-14H2,1-5H3,(H,27,30)/t17-,18+/m1/s1. The number of carbonyl (C=O) groups excluding carboxylic acids is 2. The van der Waals surface area contributed by atoms with Gasteiger partial charge in [0.1, 0.15) is 6.04 Å². The van der Waals surface area contributed by atoms with Crippen LogP contribution in [0.2, 0.25) is 10.0 Å². The molecule has 0 spiro atoms. The maximum Gasteiger partial charge on any atom is 0.242 e. The summed E-state index contributed by atoms with van der Waals surface area (Å²) in [5.74, 6) is -0.283. The van der Waals surface area contributed by atoms with E-state index in [9.17, 15) is 9.59 Å². The molecule has 0 heterocycles. The van der Waals surface area contributed by atoms with Crippen LogP contribution >= 0.6 is 23.2 Å². The zero-order valence-corrected chi connectivity index (χ0v) is 19.8. The Kier molecular flexibility index (Phi) is 8.75. The van der Waals surface area contributed by atoms with E-state index >= 15 is 0 Å². The van der Waals surface area contributed by atoms with E-state index in [1.54, 1.807) is 24.0 Å². The van der Waals surface area contributed by atoms with Crippen molar-refractivity contribution in [1.82, 2.24) is 10.2 Å². The number of nitrogens with zero attached hydrogens (tertiary/aromatic N) is 1. The van der Waals surface area contributed by atoms with Crippen LogP contribution < -0.4 is 5.32 Å². The van der Waals surface area contributed by atoms with Crippen molar-refractivity contribution in [2.24, 2.45) is 0 Å². The van der Waals surface area contributed by atoms with E-state index in [1.807, 2.05) is 52.0 Å². The molecule has 0 bridgehead atoms. The monoisotopic (exact) mass is 448 g/mol. The smallest absolute Gasteiger partial charge is 0.242 e. The van der Waals surface area contributed by atoms with Crippen LogP contribution in [-0.2, 0) is 22.6 Å². The number of amides is 2. The van der Waals surface area contributed by atoms with Gasteiger partial charge >= 0.3 is 0 Å². The number of halogens is 2. The SMILES string of the molecule is CC[C@@H](C)NC(=O)[C@H](C)N(Cc1ccc(Cl)c(Cl)c1)C(=O)Cc1ccc(C)c(C)c1. The van der Waals surface area contributed by atoms with E-state index < -0.39 is 6.04 Å². The largest absolute Gasteiger partial charge is 0.352 e. The van der Waals surface area contributed by atoms with Gasteiger partial charge in [-0.25, -0.2) is 0 Å². The third kappa shape index (κ3) is 6.48. The zero-order chi connectivity index (χ0) is 22.4. The molecule has 1 N–H and O–H groups in total. The van der Waals surface area contributed by atoms with Crippen molar-refractivity contribution in [2.45, 2.75) is 66.1 Å². The Morgan fingerprint density at radius 2 is 1.63 bits per heavy atom. The molecule has 0 aliphatic rings. The van der Waals surface area contributed by atoms with E-state index in [0.717, 1.165) is 23.1 Å². The Morgan fingerprint density at radius 1 is 0.967 bits per heavy atom. The predicted molar refractivity (Wildman–Crippen MR) is 124 cm³/mol. The highest BCUT2D eigenvalue weighted by Crippen LogP contribution is 2.24. The molecule has 2 rings (SSSR count). The molecule has 2 atom stereocenters. The zero-order valence-electron chi connectivity index (χ0n) is 18.3. The van der Waals surface area contributed by atoms with Crippen molar-refractivity contribution in [3.05, 3.63) is 68.7 Å². The van der Waals surface area contributed by atoms with Crippen LogP contribution in [0.25, 0.3) is 0 Å². The quantitative estimate of drug-likeness (QED) is 0.580. The molecule has 30 heavy (non-hydrogen) atoms. The van der Waals surface area contributed by atoms with Gasteiger partial charge in [0.2, 0.25) is 11.8 Å². The fraction of sp³-hybridized carbons (Fsp3) is 0.417. The van der Waals surface area contributed by atoms with Crippen molar-refractivity contribution in [2.75, 3.05) is 0 Å². The Bertz CT molecular complexity index is 914. The van der Waals surface area contributed by atoms with Crippen LogP contribution in [0.4, 0.5) is 0 Å². The molecule has 162 valence electrons. The van der Waals surface area contributed by atoms with Crippen LogP contribution in [0.3, 0.4) is 0 Å². The highest BCUT2D eigenvalue weighted by atomic mass is 35.5. The normalized spacial score (nSPS) is 12.9. The molecular weight excluding hydrogens is 419 g/mol. The minimum atomic E-state index is -0.618. The van der Waals surface area contributed by atoms with E-state index in [4.69, 9.17) is 23.2 Å². The lowest BCUT2D eigenvalue weighted by Crippen LogP contribution is -2.49. The molecule has 0 saturated carbocycles. The van der Waals surface area contributed by atoms with Gasteiger partial charge in [-0.2, -0.15) is 0 Å². The number of hydrogen-bond donors (Lipinski definition) is 1. The first-order valence-electron chi connectivity index (χ1n) is 10.2. The van der Waals surface area contributed by atoms with Crippen LogP contribution in [0.1, 0.15) is 49.4 Å². The molecule has 0 aliphatic heterocycles. The average Bonchev–Trinajstić information content (AvgIpc) is 2.70. The third-order valence-electron chi connectivity index (χ3n) is 5.43. The van der Waals surface area contributed by atoms with Gasteiger partial charge in [-0.1, -0.05) is 54.4 Å². The summed E-state index contributed by atoms with van der Waals surface area (Å²) < 4.78 is 0. The van der Waals surface area contributed by atoms with E-state index in [0.29, 0.717) is 10.0 Å². The fourth-order valence-corrected chi connectivity index (χ4v) is 3.39. The van der Waals surface area contributed by atoms with E-state index in [1.165, 1.54) is 5.56 Å². The van der Waals surface area contributed by atoms with E-state index in [-0.39, 0.29) is 30.8 Å². The van der Waals surface area contributed by atoms with Gasteiger partial charge in [0, 0.05) is 12.6 Å². The first-order chi connectivity index (χ1) is 14.1. The highest BCUT2D eigenvalue weighted by molar-refractivity contribution is 6.42. The van der Waals surface area contributed by atoms with E-state index in [2.05, 4.69) is 5.32 Å². The molecule has 0 fully saturated rings. The summed E-state index contributed by atoms with van der Waals surface area (Å²) in [6.07, 6.45) is 1.05. The first-order valence-corrected chi connectivity index (χ1v) is 11.0. The topological polar surface area (TPSA) is 49.4 Å². The molecule has 0 aliphatic carbocycles. The molecule has 0 saturated heterocycles. The lowest BCUT2D eigenvalue weighted by Gasteiger charge is -2.30. The minimum Gasteiger partial charge on any atom is -0.352 e. The molecular formula is C24H30Cl2N2O2. The molecule has 2 amide bonds. The van der Waals surface area contributed by atoms with Crippen molar-refractivity contribution in [3.63, 3.8) is 0 Å². The summed E-state index contributed by atoms with van der Waals surface area (Å²) in [4.78, 5) is 27.6. The summed E-state index contributed by atoms with van der Waals surface area (Å²) in [6.45, 7) is 10.1. The van der Waals surface area contributed by atoms with Crippen molar-refractivity contribution < 1.29 is 9.59 Å². The lowest BCUT2D eigenvalue weighted by atomic mass is 10.0. The van der Waals surface area contributed by atoms with Gasteiger partial charge in [-0.15, -0.1) is 0 Å². The molecule has 2 aromatic carbocycles. The van der Waals surface area contributed by atoms with Crippen LogP contribution in [-0.4, -0.2) is 28.8 Å². The Balaban J connectivity index is 2.28. The second-order valence-electron chi connectivity index (χ2n) is 7.86. The number of nitrogens with one attached hydrogen (secondary N) is 1. The maximum atomic E-state index is 13.3. The van der Waals surface area contributed by atoms with Crippen molar-refractivity contribution >= 4 is 35.0 Å². The average molecular weight is 449 g/mol. The summed E-state index contributed by atoms with van der Waals surface area (Å²) in [7, 11) is 0. The van der Waals surface area contributed by atoms with Gasteiger partial charge in [0.15, 0.2) is 0 Å². The van der Waals surface area contributed by atoms with Gasteiger partial charge in [-0.3, -0.25) is 9.59 Å². The summed E-state index contributed by atoms with van der Waals surface area (Å²) in [5.41, 5.74) is 4.07. The summed E-state index contributed by atoms with van der Waals surface area (Å²) in [5, 5.41) is 3.85. The number of carbonyl (C=O) groups is 2. The molecule has 4 nitrogen and oxygen atoms in total. The molecule has 0 radical (unpaired) electrons. The first kappa shape index (κ1) is 24.2. The Morgan fingerprint density at radius 3 is 2.23 bits per heavy atom. The number of hydrogen-bond acceptors (Lipinski definition) is 2. The highest BCUT2D eigenvalue weighted by Gasteiger charge is 2.27. The third-order valence-corrected chi connectivity index (χ3v) is 6.17.